The van der Waals surface area contributed by atoms with Crippen LogP contribution in [-0.4, -0.2) is 24.2 Å². The summed E-state index contributed by atoms with van der Waals surface area (Å²) >= 11 is 1.61. The summed E-state index contributed by atoms with van der Waals surface area (Å²) in [5, 5.41) is 8.46. The Balaban J connectivity index is 1.40. The number of nitrogens with zero attached hydrogens (tertiary/aromatic N) is 1. The molecular weight excluding hydrogens is 334 g/mol. The van der Waals surface area contributed by atoms with E-state index in [0.717, 1.165) is 15.8 Å². The highest BCUT2D eigenvalue weighted by molar-refractivity contribution is 7.09. The van der Waals surface area contributed by atoms with Gasteiger partial charge < -0.3 is 15.4 Å². The Kier molecular flexibility index (Phi) is 5.86. The fourth-order valence-electron chi connectivity index (χ4n) is 2.19. The van der Waals surface area contributed by atoms with Gasteiger partial charge in [0.15, 0.2) is 0 Å². The number of aromatic nitrogens is 1. The summed E-state index contributed by atoms with van der Waals surface area (Å²) < 4.78 is 5.66. The van der Waals surface area contributed by atoms with E-state index >= 15 is 0 Å². The number of fused-ring (bicyclic) bond motifs is 1. The van der Waals surface area contributed by atoms with E-state index in [1.54, 1.807) is 17.5 Å². The molecule has 0 saturated carbocycles. The Morgan fingerprint density at radius 3 is 2.92 bits per heavy atom. The zero-order valence-electron chi connectivity index (χ0n) is 13.5. The van der Waals surface area contributed by atoms with E-state index < -0.39 is 0 Å². The molecule has 2 amide bonds. The van der Waals surface area contributed by atoms with Crippen LogP contribution in [0.3, 0.4) is 0 Å². The first kappa shape index (κ1) is 16.8. The summed E-state index contributed by atoms with van der Waals surface area (Å²) in [5.74, 6) is 6.45. The molecule has 0 aliphatic rings. The number of pyridine rings is 1. The van der Waals surface area contributed by atoms with E-state index in [1.807, 2.05) is 47.8 Å². The summed E-state index contributed by atoms with van der Waals surface area (Å²) in [5.41, 5.74) is 0.817. The normalized spacial score (nSPS) is 9.92. The quantitative estimate of drug-likeness (QED) is 0.694. The van der Waals surface area contributed by atoms with Crippen LogP contribution in [0.4, 0.5) is 4.79 Å². The van der Waals surface area contributed by atoms with E-state index in [4.69, 9.17) is 4.74 Å². The van der Waals surface area contributed by atoms with E-state index in [1.165, 1.54) is 0 Å². The number of urea groups is 1. The molecule has 2 N–H and O–H groups in total. The maximum Gasteiger partial charge on any atom is 0.315 e. The van der Waals surface area contributed by atoms with Crippen LogP contribution in [0.1, 0.15) is 4.88 Å². The summed E-state index contributed by atoms with van der Waals surface area (Å²) in [6.45, 7) is 1.04. The summed E-state index contributed by atoms with van der Waals surface area (Å²) in [6, 6.07) is 13.3. The smallest absolute Gasteiger partial charge is 0.315 e. The van der Waals surface area contributed by atoms with Gasteiger partial charge in [0.2, 0.25) is 0 Å². The van der Waals surface area contributed by atoms with Crippen molar-refractivity contribution in [3.8, 4) is 17.6 Å². The Morgan fingerprint density at radius 2 is 2.04 bits per heavy atom. The molecule has 0 aliphatic heterocycles. The van der Waals surface area contributed by atoms with Crippen molar-refractivity contribution in [2.45, 2.75) is 6.54 Å². The number of thiophene rings is 1. The highest BCUT2D eigenvalue weighted by Crippen LogP contribution is 2.22. The molecule has 0 bridgehead atoms. The van der Waals surface area contributed by atoms with Crippen LogP contribution in [0.25, 0.3) is 10.9 Å². The van der Waals surface area contributed by atoms with Gasteiger partial charge in [-0.25, -0.2) is 4.79 Å². The fourth-order valence-corrected chi connectivity index (χ4v) is 2.83. The number of hydrogen-bond donors (Lipinski definition) is 2. The molecule has 126 valence electrons. The zero-order chi connectivity index (χ0) is 17.3. The molecule has 3 aromatic rings. The van der Waals surface area contributed by atoms with Crippen molar-refractivity contribution >= 4 is 28.3 Å². The van der Waals surface area contributed by atoms with Crippen LogP contribution in [0.2, 0.25) is 0 Å². The van der Waals surface area contributed by atoms with Gasteiger partial charge in [0.05, 0.1) is 13.1 Å². The third-order valence-electron chi connectivity index (χ3n) is 3.36. The van der Waals surface area contributed by atoms with Gasteiger partial charge in [-0.15, -0.1) is 11.3 Å². The van der Waals surface area contributed by atoms with Crippen LogP contribution in [0, 0.1) is 11.8 Å². The number of para-hydroxylation sites is 1. The Bertz CT molecular complexity index is 892. The molecule has 0 aliphatic carbocycles. The maximum atomic E-state index is 11.6. The monoisotopic (exact) mass is 351 g/mol. The number of hydrogen-bond acceptors (Lipinski definition) is 4. The second-order valence-corrected chi connectivity index (χ2v) is 6.12. The lowest BCUT2D eigenvalue weighted by molar-refractivity contribution is 0.242. The van der Waals surface area contributed by atoms with Crippen LogP contribution >= 0.6 is 11.3 Å². The minimum Gasteiger partial charge on any atom is -0.479 e. The molecule has 1 aromatic carbocycles. The van der Waals surface area contributed by atoms with Gasteiger partial charge in [-0.05, 0) is 23.6 Å². The second kappa shape index (κ2) is 8.71. The van der Waals surface area contributed by atoms with Crippen molar-refractivity contribution in [1.29, 1.82) is 0 Å². The first-order valence-corrected chi connectivity index (χ1v) is 8.67. The number of carbonyl (C=O) groups is 1. The van der Waals surface area contributed by atoms with Crippen molar-refractivity contribution in [2.24, 2.45) is 0 Å². The molecule has 0 saturated heterocycles. The average molecular weight is 351 g/mol. The van der Waals surface area contributed by atoms with Crippen molar-refractivity contribution in [2.75, 3.05) is 13.2 Å². The van der Waals surface area contributed by atoms with Gasteiger partial charge in [0, 0.05) is 16.5 Å². The van der Waals surface area contributed by atoms with E-state index in [-0.39, 0.29) is 19.2 Å². The third-order valence-corrected chi connectivity index (χ3v) is 4.24. The average Bonchev–Trinajstić information content (AvgIpc) is 3.16. The minimum absolute atomic E-state index is 0.234. The van der Waals surface area contributed by atoms with Crippen molar-refractivity contribution in [1.82, 2.24) is 15.6 Å². The number of nitrogens with one attached hydrogen (secondary N) is 2. The maximum absolute atomic E-state index is 11.6. The van der Waals surface area contributed by atoms with E-state index in [9.17, 15) is 4.79 Å². The number of ether oxygens (including phenoxy) is 1. The lowest BCUT2D eigenvalue weighted by Gasteiger charge is -2.05. The molecule has 0 atom stereocenters. The van der Waals surface area contributed by atoms with Gasteiger partial charge in [-0.1, -0.05) is 36.1 Å². The van der Waals surface area contributed by atoms with Gasteiger partial charge >= 0.3 is 6.03 Å². The predicted molar refractivity (Wildman–Crippen MR) is 99.6 cm³/mol. The first-order chi connectivity index (χ1) is 12.3. The molecule has 0 spiro atoms. The molecule has 6 heteroatoms. The molecule has 5 nitrogen and oxygen atoms in total. The van der Waals surface area contributed by atoms with Gasteiger partial charge in [0.1, 0.15) is 17.9 Å². The Labute approximate surface area is 150 Å². The molecule has 2 aromatic heterocycles. The van der Waals surface area contributed by atoms with E-state index in [0.29, 0.717) is 12.3 Å². The van der Waals surface area contributed by atoms with Crippen LogP contribution in [0.15, 0.2) is 54.0 Å². The standard InChI is InChI=1S/C19H17N3O2S/c23-19(22-14-16-8-5-13-25-16)21-10-1-2-12-24-17-9-3-6-15-7-4-11-20-18(15)17/h3-9,11,13H,10,12,14H2,(H2,21,22,23). The van der Waals surface area contributed by atoms with E-state index in [2.05, 4.69) is 27.5 Å². The van der Waals surface area contributed by atoms with Crippen LogP contribution in [0.5, 0.6) is 5.75 Å². The van der Waals surface area contributed by atoms with Gasteiger partial charge in [-0.2, -0.15) is 0 Å². The Morgan fingerprint density at radius 1 is 1.12 bits per heavy atom. The molecule has 0 fully saturated rings. The number of rotatable bonds is 5. The lowest BCUT2D eigenvalue weighted by atomic mass is 10.2. The van der Waals surface area contributed by atoms with Crippen molar-refractivity contribution in [3.63, 3.8) is 0 Å². The second-order valence-electron chi connectivity index (χ2n) is 5.09. The van der Waals surface area contributed by atoms with Crippen LogP contribution in [-0.2, 0) is 6.54 Å². The molecular formula is C19H17N3O2S. The lowest BCUT2D eigenvalue weighted by Crippen LogP contribution is -2.35. The summed E-state index contributed by atoms with van der Waals surface area (Å²) in [7, 11) is 0. The first-order valence-electron chi connectivity index (χ1n) is 7.79. The van der Waals surface area contributed by atoms with Crippen molar-refractivity contribution < 1.29 is 9.53 Å². The molecule has 0 radical (unpaired) electrons. The van der Waals surface area contributed by atoms with Gasteiger partial charge in [-0.3, -0.25) is 4.98 Å². The summed E-state index contributed by atoms with van der Waals surface area (Å²) in [6.07, 6.45) is 1.74. The fraction of sp³-hybridized carbons (Fsp3) is 0.158. The highest BCUT2D eigenvalue weighted by atomic mass is 32.1. The third kappa shape index (κ3) is 4.96. The van der Waals surface area contributed by atoms with Crippen LogP contribution < -0.4 is 15.4 Å². The molecule has 0 unspecified atom stereocenters. The highest BCUT2D eigenvalue weighted by Gasteiger charge is 2.01. The SMILES string of the molecule is O=C(NCC#CCOc1cccc2cccnc12)NCc1cccs1. The predicted octanol–water partition coefficient (Wildman–Crippen LogP) is 3.18. The Hall–Kier alpha value is -3.04. The zero-order valence-corrected chi connectivity index (χ0v) is 14.3. The number of carbonyl (C=O) groups excluding carboxylic acids is 1. The van der Waals surface area contributed by atoms with Crippen molar-refractivity contribution in [3.05, 3.63) is 58.9 Å². The largest absolute Gasteiger partial charge is 0.479 e. The number of benzene rings is 1. The molecule has 3 rings (SSSR count). The molecule has 25 heavy (non-hydrogen) atoms. The minimum atomic E-state index is -0.234. The summed E-state index contributed by atoms with van der Waals surface area (Å²) in [4.78, 5) is 17.0. The molecule has 2 heterocycles. The topological polar surface area (TPSA) is 63.2 Å². The van der Waals surface area contributed by atoms with Gasteiger partial charge in [0.25, 0.3) is 0 Å². The number of amides is 2.